The first-order valence-corrected chi connectivity index (χ1v) is 4.02. The lowest BCUT2D eigenvalue weighted by Crippen LogP contribution is -2.48. The lowest BCUT2D eigenvalue weighted by Gasteiger charge is -2.37. The van der Waals surface area contributed by atoms with Crippen molar-refractivity contribution in [1.82, 2.24) is 0 Å². The number of rotatable bonds is 0. The second-order valence-electron chi connectivity index (χ2n) is 4.23. The number of hydrogen-bond acceptors (Lipinski definition) is 2. The van der Waals surface area contributed by atoms with Gasteiger partial charge < -0.3 is 11.5 Å². The normalized spacial score (nSPS) is 39.6. The molecular weight excluding hydrogens is 124 g/mol. The fourth-order valence-corrected chi connectivity index (χ4v) is 1.66. The fourth-order valence-electron chi connectivity index (χ4n) is 1.66. The summed E-state index contributed by atoms with van der Waals surface area (Å²) in [6, 6.07) is 0.469. The van der Waals surface area contributed by atoms with Crippen LogP contribution in [0.25, 0.3) is 0 Å². The van der Waals surface area contributed by atoms with Gasteiger partial charge in [-0.3, -0.25) is 0 Å². The zero-order chi connectivity index (χ0) is 7.78. The molecule has 0 aromatic heterocycles. The third kappa shape index (κ3) is 1.70. The van der Waals surface area contributed by atoms with Crippen LogP contribution in [0.2, 0.25) is 0 Å². The van der Waals surface area contributed by atoms with Gasteiger partial charge in [0.25, 0.3) is 0 Å². The van der Waals surface area contributed by atoms with E-state index in [0.29, 0.717) is 5.41 Å². The molecule has 1 saturated carbocycles. The van der Waals surface area contributed by atoms with Gasteiger partial charge in [-0.25, -0.2) is 0 Å². The molecule has 0 radical (unpaired) electrons. The lowest BCUT2D eigenvalue weighted by atomic mass is 9.73. The predicted octanol–water partition coefficient (Wildman–Crippen LogP) is 0.851. The molecule has 0 saturated heterocycles. The quantitative estimate of drug-likeness (QED) is 0.527. The second kappa shape index (κ2) is 2.51. The molecule has 2 heteroatoms. The molecule has 2 nitrogen and oxygen atoms in total. The standard InChI is InChI=1S/C8H18N2/c1-8(2)4-3-6(9)7(10)5-8/h6-7H,3-5,9-10H2,1-2H3. The van der Waals surface area contributed by atoms with Crippen LogP contribution < -0.4 is 11.5 Å². The van der Waals surface area contributed by atoms with Crippen molar-refractivity contribution >= 4 is 0 Å². The molecule has 1 aliphatic carbocycles. The maximum atomic E-state index is 5.83. The summed E-state index contributed by atoms with van der Waals surface area (Å²) in [6.07, 6.45) is 3.39. The third-order valence-electron chi connectivity index (χ3n) is 2.49. The minimum Gasteiger partial charge on any atom is -0.326 e. The van der Waals surface area contributed by atoms with Gasteiger partial charge in [-0.15, -0.1) is 0 Å². The fraction of sp³-hybridized carbons (Fsp3) is 1.00. The van der Waals surface area contributed by atoms with E-state index in [4.69, 9.17) is 11.5 Å². The Balaban J connectivity index is 2.49. The van der Waals surface area contributed by atoms with Crippen molar-refractivity contribution in [3.63, 3.8) is 0 Å². The Bertz CT molecular complexity index is 120. The zero-order valence-corrected chi connectivity index (χ0v) is 6.93. The third-order valence-corrected chi connectivity index (χ3v) is 2.49. The van der Waals surface area contributed by atoms with Crippen LogP contribution in [0.1, 0.15) is 33.1 Å². The van der Waals surface area contributed by atoms with Crippen LogP contribution in [0, 0.1) is 5.41 Å². The summed E-state index contributed by atoms with van der Waals surface area (Å²) >= 11 is 0. The molecule has 0 aliphatic heterocycles. The Kier molecular flexibility index (Phi) is 2.02. The van der Waals surface area contributed by atoms with Gasteiger partial charge in [0, 0.05) is 12.1 Å². The number of hydrogen-bond donors (Lipinski definition) is 2. The smallest absolute Gasteiger partial charge is 0.0197 e. The lowest BCUT2D eigenvalue weighted by molar-refractivity contribution is 0.200. The highest BCUT2D eigenvalue weighted by atomic mass is 14.8. The topological polar surface area (TPSA) is 52.0 Å². The van der Waals surface area contributed by atoms with E-state index >= 15 is 0 Å². The Morgan fingerprint density at radius 3 is 2.20 bits per heavy atom. The predicted molar refractivity (Wildman–Crippen MR) is 43.6 cm³/mol. The Morgan fingerprint density at radius 1 is 1.20 bits per heavy atom. The second-order valence-corrected chi connectivity index (χ2v) is 4.23. The minimum absolute atomic E-state index is 0.226. The van der Waals surface area contributed by atoms with Gasteiger partial charge in [-0.2, -0.15) is 0 Å². The average molecular weight is 142 g/mol. The molecule has 1 fully saturated rings. The molecule has 60 valence electrons. The van der Waals surface area contributed by atoms with Crippen LogP contribution in [-0.4, -0.2) is 12.1 Å². The van der Waals surface area contributed by atoms with Crippen molar-refractivity contribution in [2.45, 2.75) is 45.2 Å². The minimum atomic E-state index is 0.226. The van der Waals surface area contributed by atoms with Gasteiger partial charge in [-0.1, -0.05) is 13.8 Å². The SMILES string of the molecule is CC1(C)CCC(N)C(N)C1. The molecule has 4 N–H and O–H groups in total. The van der Waals surface area contributed by atoms with Crippen molar-refractivity contribution in [3.05, 3.63) is 0 Å². The molecule has 0 bridgehead atoms. The van der Waals surface area contributed by atoms with E-state index in [1.54, 1.807) is 0 Å². The van der Waals surface area contributed by atoms with Crippen LogP contribution in [0.4, 0.5) is 0 Å². The van der Waals surface area contributed by atoms with Crippen LogP contribution >= 0.6 is 0 Å². The van der Waals surface area contributed by atoms with E-state index in [1.165, 1.54) is 6.42 Å². The van der Waals surface area contributed by atoms with Crippen LogP contribution in [-0.2, 0) is 0 Å². The molecule has 0 amide bonds. The summed E-state index contributed by atoms with van der Waals surface area (Å²) < 4.78 is 0. The average Bonchev–Trinajstić information content (AvgIpc) is 1.79. The van der Waals surface area contributed by atoms with Crippen LogP contribution in [0.3, 0.4) is 0 Å². The van der Waals surface area contributed by atoms with E-state index < -0.39 is 0 Å². The Labute approximate surface area is 63.0 Å². The van der Waals surface area contributed by atoms with Crippen molar-refractivity contribution < 1.29 is 0 Å². The van der Waals surface area contributed by atoms with E-state index in [-0.39, 0.29) is 12.1 Å². The Morgan fingerprint density at radius 2 is 1.80 bits per heavy atom. The molecule has 0 spiro atoms. The molecule has 1 rings (SSSR count). The van der Waals surface area contributed by atoms with Crippen LogP contribution in [0.5, 0.6) is 0 Å². The van der Waals surface area contributed by atoms with E-state index in [9.17, 15) is 0 Å². The van der Waals surface area contributed by atoms with Gasteiger partial charge in [-0.05, 0) is 24.7 Å². The molecule has 10 heavy (non-hydrogen) atoms. The van der Waals surface area contributed by atoms with E-state index in [0.717, 1.165) is 12.8 Å². The first-order chi connectivity index (χ1) is 4.51. The van der Waals surface area contributed by atoms with Gasteiger partial charge in [0.2, 0.25) is 0 Å². The monoisotopic (exact) mass is 142 g/mol. The molecule has 0 aromatic carbocycles. The molecule has 2 unspecified atom stereocenters. The van der Waals surface area contributed by atoms with Crippen molar-refractivity contribution in [3.8, 4) is 0 Å². The summed E-state index contributed by atoms with van der Waals surface area (Å²) in [6.45, 7) is 4.53. The van der Waals surface area contributed by atoms with Crippen molar-refractivity contribution in [1.29, 1.82) is 0 Å². The summed E-state index contributed by atoms with van der Waals surface area (Å²) in [5.74, 6) is 0. The first-order valence-electron chi connectivity index (χ1n) is 4.02. The maximum Gasteiger partial charge on any atom is 0.0197 e. The van der Waals surface area contributed by atoms with Crippen molar-refractivity contribution in [2.75, 3.05) is 0 Å². The van der Waals surface area contributed by atoms with Crippen molar-refractivity contribution in [2.24, 2.45) is 16.9 Å². The molecule has 1 aliphatic rings. The Hall–Kier alpha value is -0.0800. The first kappa shape index (κ1) is 8.02. The molecule has 0 heterocycles. The molecular formula is C8H18N2. The van der Waals surface area contributed by atoms with E-state index in [2.05, 4.69) is 13.8 Å². The summed E-state index contributed by atoms with van der Waals surface area (Å²) in [5.41, 5.74) is 12.0. The summed E-state index contributed by atoms with van der Waals surface area (Å²) in [5, 5.41) is 0. The summed E-state index contributed by atoms with van der Waals surface area (Å²) in [4.78, 5) is 0. The highest BCUT2D eigenvalue weighted by Crippen LogP contribution is 2.33. The summed E-state index contributed by atoms with van der Waals surface area (Å²) in [7, 11) is 0. The van der Waals surface area contributed by atoms with Gasteiger partial charge in [0.05, 0.1) is 0 Å². The van der Waals surface area contributed by atoms with Gasteiger partial charge in [0.15, 0.2) is 0 Å². The highest BCUT2D eigenvalue weighted by Gasteiger charge is 2.30. The zero-order valence-electron chi connectivity index (χ0n) is 6.93. The molecule has 0 aromatic rings. The van der Waals surface area contributed by atoms with Gasteiger partial charge >= 0.3 is 0 Å². The highest BCUT2D eigenvalue weighted by molar-refractivity contribution is 4.89. The number of nitrogens with two attached hydrogens (primary N) is 2. The van der Waals surface area contributed by atoms with E-state index in [1.807, 2.05) is 0 Å². The molecule has 2 atom stereocenters. The van der Waals surface area contributed by atoms with Gasteiger partial charge in [0.1, 0.15) is 0 Å². The largest absolute Gasteiger partial charge is 0.326 e. The maximum absolute atomic E-state index is 5.83. The van der Waals surface area contributed by atoms with Crippen LogP contribution in [0.15, 0.2) is 0 Å².